The molecule has 0 aliphatic carbocycles. The Labute approximate surface area is 100 Å². The van der Waals surface area contributed by atoms with Crippen LogP contribution >= 0.6 is 11.3 Å². The lowest BCUT2D eigenvalue weighted by Crippen LogP contribution is -2.32. The van der Waals surface area contributed by atoms with E-state index in [2.05, 4.69) is 5.32 Å². The number of hydrogen-bond donors (Lipinski definition) is 1. The van der Waals surface area contributed by atoms with E-state index in [1.807, 2.05) is 30.3 Å². The molecule has 0 radical (unpaired) electrons. The second kappa shape index (κ2) is 4.97. The average molecular weight is 238 g/mol. The molecule has 88 valence electrons. The van der Waals surface area contributed by atoms with Gasteiger partial charge < -0.3 is 10.2 Å². The highest BCUT2D eigenvalue weighted by molar-refractivity contribution is 7.12. The minimum atomic E-state index is 0.166. The van der Waals surface area contributed by atoms with E-state index in [1.54, 1.807) is 0 Å². The third-order valence-electron chi connectivity index (χ3n) is 3.10. The van der Waals surface area contributed by atoms with Gasteiger partial charge in [-0.15, -0.1) is 11.3 Å². The van der Waals surface area contributed by atoms with Crippen molar-refractivity contribution in [1.29, 1.82) is 0 Å². The zero-order valence-corrected chi connectivity index (χ0v) is 10.6. The number of nitrogens with zero attached hydrogens (tertiary/aromatic N) is 1. The summed E-state index contributed by atoms with van der Waals surface area (Å²) < 4.78 is 0. The van der Waals surface area contributed by atoms with E-state index in [4.69, 9.17) is 0 Å². The Balaban J connectivity index is 1.96. The second-order valence-electron chi connectivity index (χ2n) is 4.48. The van der Waals surface area contributed by atoms with Gasteiger partial charge >= 0.3 is 0 Å². The molecule has 1 N–H and O–H groups in total. The average Bonchev–Trinajstić information content (AvgIpc) is 2.88. The third-order valence-corrected chi connectivity index (χ3v) is 4.10. The first-order valence-corrected chi connectivity index (χ1v) is 6.56. The van der Waals surface area contributed by atoms with Gasteiger partial charge in [0.05, 0.1) is 4.88 Å². The predicted octanol–water partition coefficient (Wildman–Crippen LogP) is 1.74. The number of carbonyl (C=O) groups is 1. The summed E-state index contributed by atoms with van der Waals surface area (Å²) in [4.78, 5) is 14.9. The van der Waals surface area contributed by atoms with Gasteiger partial charge in [0.1, 0.15) is 0 Å². The number of aryl methyl sites for hydroxylation is 1. The molecule has 16 heavy (non-hydrogen) atoms. The largest absolute Gasteiger partial charge is 0.341 e. The van der Waals surface area contributed by atoms with E-state index in [1.165, 1.54) is 17.8 Å². The van der Waals surface area contributed by atoms with Crippen LogP contribution < -0.4 is 5.32 Å². The molecule has 1 aromatic heterocycles. The number of thiophene rings is 1. The summed E-state index contributed by atoms with van der Waals surface area (Å²) in [7, 11) is 1.90. The van der Waals surface area contributed by atoms with Gasteiger partial charge in [-0.3, -0.25) is 4.79 Å². The van der Waals surface area contributed by atoms with Gasteiger partial charge in [-0.05, 0) is 49.4 Å². The van der Waals surface area contributed by atoms with Crippen molar-refractivity contribution >= 4 is 17.2 Å². The number of nitrogens with one attached hydrogen (secondary N) is 1. The van der Waals surface area contributed by atoms with Gasteiger partial charge in [0.2, 0.25) is 0 Å². The molecule has 1 fully saturated rings. The Bertz CT molecular complexity index is 369. The summed E-state index contributed by atoms with van der Waals surface area (Å²) in [5, 5.41) is 5.31. The molecule has 0 unspecified atom stereocenters. The fourth-order valence-electron chi connectivity index (χ4n) is 2.11. The molecule has 1 aliphatic heterocycles. The highest BCUT2D eigenvalue weighted by atomic mass is 32.1. The van der Waals surface area contributed by atoms with Gasteiger partial charge in [0, 0.05) is 13.6 Å². The van der Waals surface area contributed by atoms with Crippen LogP contribution in [0.15, 0.2) is 11.4 Å². The first-order chi connectivity index (χ1) is 7.68. The Morgan fingerprint density at radius 2 is 2.50 bits per heavy atom. The lowest BCUT2D eigenvalue weighted by molar-refractivity contribution is 0.0780. The fraction of sp³-hybridized carbons (Fsp3) is 0.583. The summed E-state index contributed by atoms with van der Waals surface area (Å²) in [6, 6.07) is 2.00. The molecule has 1 atom stereocenters. The minimum absolute atomic E-state index is 0.166. The van der Waals surface area contributed by atoms with Crippen LogP contribution in [0.4, 0.5) is 0 Å². The first kappa shape index (κ1) is 11.6. The van der Waals surface area contributed by atoms with E-state index in [0.29, 0.717) is 5.92 Å². The van der Waals surface area contributed by atoms with Crippen molar-refractivity contribution < 1.29 is 4.79 Å². The van der Waals surface area contributed by atoms with Crippen molar-refractivity contribution in [3.8, 4) is 0 Å². The van der Waals surface area contributed by atoms with Crippen LogP contribution in [-0.4, -0.2) is 37.5 Å². The van der Waals surface area contributed by atoms with Gasteiger partial charge in [0.25, 0.3) is 5.91 Å². The molecule has 2 rings (SSSR count). The van der Waals surface area contributed by atoms with E-state index in [-0.39, 0.29) is 5.91 Å². The van der Waals surface area contributed by atoms with Crippen molar-refractivity contribution in [3.05, 3.63) is 21.9 Å². The molecular weight excluding hydrogens is 220 g/mol. The van der Waals surface area contributed by atoms with Crippen molar-refractivity contribution in [3.63, 3.8) is 0 Å². The standard InChI is InChI=1S/C12H18N2OS/c1-9-4-6-16-11(9)12(15)14(2)8-10-3-5-13-7-10/h4,6,10,13H,3,5,7-8H2,1-2H3/t10-/m0/s1. The van der Waals surface area contributed by atoms with Gasteiger partial charge in [-0.1, -0.05) is 0 Å². The molecule has 0 aromatic carbocycles. The molecule has 4 heteroatoms. The van der Waals surface area contributed by atoms with Crippen LogP contribution in [0.2, 0.25) is 0 Å². The van der Waals surface area contributed by atoms with Crippen molar-refractivity contribution in [2.75, 3.05) is 26.7 Å². The molecule has 1 saturated heterocycles. The van der Waals surface area contributed by atoms with Crippen molar-refractivity contribution in [2.24, 2.45) is 5.92 Å². The normalized spacial score (nSPS) is 20.0. The molecule has 3 nitrogen and oxygen atoms in total. The highest BCUT2D eigenvalue weighted by Gasteiger charge is 2.21. The maximum Gasteiger partial charge on any atom is 0.263 e. The maximum atomic E-state index is 12.1. The smallest absolute Gasteiger partial charge is 0.263 e. The van der Waals surface area contributed by atoms with E-state index in [9.17, 15) is 4.79 Å². The molecule has 1 amide bonds. The monoisotopic (exact) mass is 238 g/mol. The molecule has 1 aromatic rings. The van der Waals surface area contributed by atoms with Gasteiger partial charge in [-0.25, -0.2) is 0 Å². The topological polar surface area (TPSA) is 32.3 Å². The summed E-state index contributed by atoms with van der Waals surface area (Å²) >= 11 is 1.54. The molecular formula is C12H18N2OS. The Kier molecular flexibility index (Phi) is 3.61. The summed E-state index contributed by atoms with van der Waals surface area (Å²) in [5.41, 5.74) is 1.09. The molecule has 0 bridgehead atoms. The Morgan fingerprint density at radius 3 is 3.06 bits per heavy atom. The highest BCUT2D eigenvalue weighted by Crippen LogP contribution is 2.18. The maximum absolute atomic E-state index is 12.1. The second-order valence-corrected chi connectivity index (χ2v) is 5.39. The van der Waals surface area contributed by atoms with Gasteiger partial charge in [0.15, 0.2) is 0 Å². The zero-order valence-electron chi connectivity index (χ0n) is 9.82. The van der Waals surface area contributed by atoms with E-state index < -0.39 is 0 Å². The zero-order chi connectivity index (χ0) is 11.5. The van der Waals surface area contributed by atoms with Crippen LogP contribution in [0, 0.1) is 12.8 Å². The lowest BCUT2D eigenvalue weighted by Gasteiger charge is -2.20. The SMILES string of the molecule is Cc1ccsc1C(=O)N(C)C[C@H]1CCNC1. The number of hydrogen-bond acceptors (Lipinski definition) is 3. The predicted molar refractivity (Wildman–Crippen MR) is 67.0 cm³/mol. The van der Waals surface area contributed by atoms with Crippen LogP contribution in [0.5, 0.6) is 0 Å². The van der Waals surface area contributed by atoms with Crippen LogP contribution in [-0.2, 0) is 0 Å². The van der Waals surface area contributed by atoms with Crippen molar-refractivity contribution in [1.82, 2.24) is 10.2 Å². The van der Waals surface area contributed by atoms with Crippen LogP contribution in [0.1, 0.15) is 21.7 Å². The molecule has 2 heterocycles. The lowest BCUT2D eigenvalue weighted by atomic mass is 10.1. The number of carbonyl (C=O) groups excluding carboxylic acids is 1. The Morgan fingerprint density at radius 1 is 1.69 bits per heavy atom. The first-order valence-electron chi connectivity index (χ1n) is 5.68. The molecule has 0 spiro atoms. The third kappa shape index (κ3) is 2.44. The molecule has 1 aliphatic rings. The summed E-state index contributed by atoms with van der Waals surface area (Å²) in [6.07, 6.45) is 1.18. The number of amides is 1. The minimum Gasteiger partial charge on any atom is -0.341 e. The number of rotatable bonds is 3. The van der Waals surface area contributed by atoms with E-state index in [0.717, 1.165) is 30.1 Å². The quantitative estimate of drug-likeness (QED) is 0.870. The fourth-order valence-corrected chi connectivity index (χ4v) is 3.02. The Hall–Kier alpha value is -0.870. The van der Waals surface area contributed by atoms with E-state index >= 15 is 0 Å². The van der Waals surface area contributed by atoms with Crippen molar-refractivity contribution in [2.45, 2.75) is 13.3 Å². The van der Waals surface area contributed by atoms with Gasteiger partial charge in [-0.2, -0.15) is 0 Å². The summed E-state index contributed by atoms with van der Waals surface area (Å²) in [5.74, 6) is 0.786. The molecule has 0 saturated carbocycles. The summed E-state index contributed by atoms with van der Waals surface area (Å²) in [6.45, 7) is 4.99. The van der Waals surface area contributed by atoms with Crippen LogP contribution in [0.3, 0.4) is 0 Å². The van der Waals surface area contributed by atoms with Crippen LogP contribution in [0.25, 0.3) is 0 Å².